The van der Waals surface area contributed by atoms with Gasteiger partial charge in [0.15, 0.2) is 0 Å². The van der Waals surface area contributed by atoms with Crippen molar-refractivity contribution in [3.8, 4) is 0 Å². The van der Waals surface area contributed by atoms with Crippen molar-refractivity contribution in [1.29, 1.82) is 0 Å². The second-order valence-electron chi connectivity index (χ2n) is 1.95. The van der Waals surface area contributed by atoms with Crippen LogP contribution in [0.4, 0.5) is 0 Å². The minimum atomic E-state index is -0.498. The van der Waals surface area contributed by atoms with Gasteiger partial charge >= 0.3 is 5.97 Å². The van der Waals surface area contributed by atoms with E-state index in [-0.39, 0.29) is 13.2 Å². The zero-order valence-corrected chi connectivity index (χ0v) is 7.20. The molecular formula is C7H12NO4. The molecule has 0 spiro atoms. The SMILES string of the molecule is CCOC(=O)C[N]C(=O)COC. The Hall–Kier alpha value is -1.10. The second-order valence-corrected chi connectivity index (χ2v) is 1.95. The van der Waals surface area contributed by atoms with Crippen molar-refractivity contribution >= 4 is 11.9 Å². The van der Waals surface area contributed by atoms with Gasteiger partial charge in [0, 0.05) is 7.11 Å². The summed E-state index contributed by atoms with van der Waals surface area (Å²) in [6.07, 6.45) is 0. The summed E-state index contributed by atoms with van der Waals surface area (Å²) in [6.45, 7) is 1.66. The quantitative estimate of drug-likeness (QED) is 0.518. The van der Waals surface area contributed by atoms with Gasteiger partial charge in [0.1, 0.15) is 13.2 Å². The number of hydrogen-bond acceptors (Lipinski definition) is 4. The molecular weight excluding hydrogens is 162 g/mol. The van der Waals surface area contributed by atoms with E-state index in [1.165, 1.54) is 7.11 Å². The third-order valence-corrected chi connectivity index (χ3v) is 0.958. The molecule has 1 amide bonds. The van der Waals surface area contributed by atoms with Gasteiger partial charge in [-0.3, -0.25) is 9.59 Å². The van der Waals surface area contributed by atoms with Gasteiger partial charge in [-0.25, -0.2) is 5.32 Å². The summed E-state index contributed by atoms with van der Waals surface area (Å²) >= 11 is 0. The molecule has 12 heavy (non-hydrogen) atoms. The summed E-state index contributed by atoms with van der Waals surface area (Å²) in [7, 11) is 1.39. The third-order valence-electron chi connectivity index (χ3n) is 0.958. The zero-order valence-electron chi connectivity index (χ0n) is 7.20. The van der Waals surface area contributed by atoms with Gasteiger partial charge < -0.3 is 9.47 Å². The highest BCUT2D eigenvalue weighted by molar-refractivity contribution is 5.82. The molecule has 0 aliphatic heterocycles. The van der Waals surface area contributed by atoms with Crippen LogP contribution in [-0.2, 0) is 19.1 Å². The predicted octanol–water partition coefficient (Wildman–Crippen LogP) is -0.673. The van der Waals surface area contributed by atoms with Crippen LogP contribution in [0.5, 0.6) is 0 Å². The largest absolute Gasteiger partial charge is 0.465 e. The van der Waals surface area contributed by atoms with Crippen molar-refractivity contribution in [2.45, 2.75) is 6.92 Å². The van der Waals surface area contributed by atoms with E-state index >= 15 is 0 Å². The van der Waals surface area contributed by atoms with E-state index in [1.54, 1.807) is 6.92 Å². The summed E-state index contributed by atoms with van der Waals surface area (Å²) in [5.41, 5.74) is 0. The normalized spacial score (nSPS) is 9.17. The first-order valence-electron chi connectivity index (χ1n) is 3.55. The van der Waals surface area contributed by atoms with Crippen LogP contribution in [0.3, 0.4) is 0 Å². The van der Waals surface area contributed by atoms with Crippen LogP contribution in [0.25, 0.3) is 0 Å². The number of methoxy groups -OCH3 is 1. The number of amides is 1. The molecule has 0 aliphatic carbocycles. The molecule has 69 valence electrons. The number of esters is 1. The molecule has 0 saturated heterocycles. The van der Waals surface area contributed by atoms with E-state index in [0.717, 1.165) is 0 Å². The Kier molecular flexibility index (Phi) is 6.00. The van der Waals surface area contributed by atoms with Gasteiger partial charge in [0.2, 0.25) is 0 Å². The summed E-state index contributed by atoms with van der Waals surface area (Å²) in [6, 6.07) is 0. The molecule has 5 nitrogen and oxygen atoms in total. The standard InChI is InChI=1S/C7H12NO4/c1-3-12-7(10)4-8-6(9)5-11-2/h3-5H2,1-2H3. The Labute approximate surface area is 71.0 Å². The molecule has 0 saturated carbocycles. The van der Waals surface area contributed by atoms with Crippen molar-refractivity contribution < 1.29 is 19.1 Å². The van der Waals surface area contributed by atoms with E-state index in [2.05, 4.69) is 14.8 Å². The molecule has 5 heteroatoms. The molecule has 0 aromatic carbocycles. The van der Waals surface area contributed by atoms with Crippen molar-refractivity contribution in [3.63, 3.8) is 0 Å². The lowest BCUT2D eigenvalue weighted by Gasteiger charge is -2.00. The topological polar surface area (TPSA) is 66.7 Å². The lowest BCUT2D eigenvalue weighted by atomic mass is 10.5. The second kappa shape index (κ2) is 6.60. The number of rotatable bonds is 5. The molecule has 1 radical (unpaired) electrons. The minimum Gasteiger partial charge on any atom is -0.465 e. The fraction of sp³-hybridized carbons (Fsp3) is 0.714. The summed E-state index contributed by atoms with van der Waals surface area (Å²) < 4.78 is 9.05. The van der Waals surface area contributed by atoms with Gasteiger partial charge in [0.25, 0.3) is 5.91 Å². The maximum absolute atomic E-state index is 10.7. The highest BCUT2D eigenvalue weighted by Crippen LogP contribution is 1.77. The molecule has 0 N–H and O–H groups in total. The molecule has 0 rings (SSSR count). The fourth-order valence-corrected chi connectivity index (χ4v) is 0.528. The van der Waals surface area contributed by atoms with Crippen molar-refractivity contribution in [2.75, 3.05) is 26.9 Å². The first-order chi connectivity index (χ1) is 5.70. The van der Waals surface area contributed by atoms with Crippen LogP contribution >= 0.6 is 0 Å². The average Bonchev–Trinajstić information content (AvgIpc) is 2.02. The lowest BCUT2D eigenvalue weighted by Crippen LogP contribution is -2.26. The van der Waals surface area contributed by atoms with Gasteiger partial charge in [-0.1, -0.05) is 0 Å². The number of carbonyl (C=O) groups excluding carboxylic acids is 2. The predicted molar refractivity (Wildman–Crippen MR) is 40.5 cm³/mol. The lowest BCUT2D eigenvalue weighted by molar-refractivity contribution is -0.143. The van der Waals surface area contributed by atoms with Crippen molar-refractivity contribution in [2.24, 2.45) is 0 Å². The maximum atomic E-state index is 10.7. The van der Waals surface area contributed by atoms with Crippen LogP contribution in [0, 0.1) is 0 Å². The first kappa shape index (κ1) is 10.9. The van der Waals surface area contributed by atoms with Crippen LogP contribution in [0.1, 0.15) is 6.92 Å². The van der Waals surface area contributed by atoms with Crippen molar-refractivity contribution in [3.05, 3.63) is 0 Å². The van der Waals surface area contributed by atoms with E-state index in [4.69, 9.17) is 0 Å². The van der Waals surface area contributed by atoms with Crippen LogP contribution < -0.4 is 5.32 Å². The average molecular weight is 174 g/mol. The minimum absolute atomic E-state index is 0.0978. The molecule has 0 atom stereocenters. The van der Waals surface area contributed by atoms with E-state index in [0.29, 0.717) is 6.61 Å². The molecule has 0 aromatic heterocycles. The highest BCUT2D eigenvalue weighted by Gasteiger charge is 2.06. The third kappa shape index (κ3) is 5.67. The monoisotopic (exact) mass is 174 g/mol. The Bertz CT molecular complexity index is 139. The fourth-order valence-electron chi connectivity index (χ4n) is 0.528. The Balaban J connectivity index is 3.40. The molecule has 0 fully saturated rings. The van der Waals surface area contributed by atoms with E-state index in [9.17, 15) is 9.59 Å². The van der Waals surface area contributed by atoms with Gasteiger partial charge in [-0.15, -0.1) is 0 Å². The smallest absolute Gasteiger partial charge is 0.327 e. The van der Waals surface area contributed by atoms with Gasteiger partial charge in [0.05, 0.1) is 6.61 Å². The van der Waals surface area contributed by atoms with Gasteiger partial charge in [-0.05, 0) is 6.92 Å². The van der Waals surface area contributed by atoms with Crippen LogP contribution in [0.15, 0.2) is 0 Å². The Morgan fingerprint density at radius 1 is 1.42 bits per heavy atom. The number of ether oxygens (including phenoxy) is 2. The Morgan fingerprint density at radius 3 is 2.58 bits per heavy atom. The van der Waals surface area contributed by atoms with E-state index < -0.39 is 11.9 Å². The van der Waals surface area contributed by atoms with E-state index in [1.807, 2.05) is 0 Å². The number of nitrogens with zero attached hydrogens (tertiary/aromatic N) is 1. The number of carbonyl (C=O) groups is 2. The first-order valence-corrected chi connectivity index (χ1v) is 3.55. The molecule has 0 unspecified atom stereocenters. The molecule has 0 bridgehead atoms. The zero-order chi connectivity index (χ0) is 9.40. The van der Waals surface area contributed by atoms with Gasteiger partial charge in [-0.2, -0.15) is 0 Å². The van der Waals surface area contributed by atoms with Crippen LogP contribution in [0.2, 0.25) is 0 Å². The molecule has 0 heterocycles. The summed E-state index contributed by atoms with van der Waals surface area (Å²) in [5.74, 6) is -0.951. The molecule has 0 aliphatic rings. The Morgan fingerprint density at radius 2 is 2.08 bits per heavy atom. The van der Waals surface area contributed by atoms with Crippen LogP contribution in [-0.4, -0.2) is 38.7 Å². The van der Waals surface area contributed by atoms with Crippen molar-refractivity contribution in [1.82, 2.24) is 5.32 Å². The molecule has 0 aromatic rings. The maximum Gasteiger partial charge on any atom is 0.327 e. The summed E-state index contributed by atoms with van der Waals surface area (Å²) in [5, 5.41) is 3.39. The summed E-state index contributed by atoms with van der Waals surface area (Å²) in [4.78, 5) is 21.3. The number of hydrogen-bond donors (Lipinski definition) is 0. The highest BCUT2D eigenvalue weighted by atomic mass is 16.5.